The van der Waals surface area contributed by atoms with E-state index in [0.29, 0.717) is 5.57 Å². The molecule has 1 aliphatic rings. The summed E-state index contributed by atoms with van der Waals surface area (Å²) in [6.07, 6.45) is 2.77. The fourth-order valence-corrected chi connectivity index (χ4v) is 0.810. The van der Waals surface area contributed by atoms with Gasteiger partial charge in [-0.25, -0.2) is 0 Å². The summed E-state index contributed by atoms with van der Waals surface area (Å²) >= 11 is 4.74. The third-order valence-corrected chi connectivity index (χ3v) is 1.46. The third kappa shape index (κ3) is 1.54. The smallest absolute Gasteiger partial charge is 0.271 e. The number of ketones is 2. The first kappa shape index (κ1) is 8.96. The van der Waals surface area contributed by atoms with Gasteiger partial charge in [0.15, 0.2) is 0 Å². The Balaban J connectivity index is 2.90. The van der Waals surface area contributed by atoms with Crippen LogP contribution in [0.4, 0.5) is 0 Å². The minimum Gasteiger partial charge on any atom is -0.315 e. The van der Waals surface area contributed by atoms with E-state index in [-0.39, 0.29) is 5.76 Å². The largest absolute Gasteiger partial charge is 0.315 e. The average molecular weight is 189 g/mol. The van der Waals surface area contributed by atoms with E-state index in [1.54, 1.807) is 0 Å². The number of hydrogen-bond acceptors (Lipinski definition) is 4. The first-order chi connectivity index (χ1) is 5.66. The number of Topliss-reactive ketones (excluding diaryl/α,β-unsaturated/α-hetero) is 2. The molecule has 0 bridgehead atoms. The summed E-state index contributed by atoms with van der Waals surface area (Å²) in [6.45, 7) is 1.54. The molecule has 0 aromatic heterocycles. The maximum atomic E-state index is 11.0. The van der Waals surface area contributed by atoms with E-state index in [1.165, 1.54) is 19.1 Å². The lowest BCUT2D eigenvalue weighted by Crippen LogP contribution is -2.21. The number of hydrogen-bond donors (Lipinski definition) is 0. The van der Waals surface area contributed by atoms with Crippen LogP contribution in [-0.4, -0.2) is 11.6 Å². The molecular weight excluding hydrogens is 184 g/mol. The van der Waals surface area contributed by atoms with Crippen molar-refractivity contribution in [1.82, 2.24) is 0 Å². The summed E-state index contributed by atoms with van der Waals surface area (Å²) in [5.74, 6) is -1.57. The van der Waals surface area contributed by atoms with Crippen molar-refractivity contribution in [3.63, 3.8) is 0 Å². The van der Waals surface area contributed by atoms with Crippen LogP contribution in [0.2, 0.25) is 0 Å². The van der Waals surface area contributed by atoms with E-state index in [4.69, 9.17) is 11.9 Å². The topological polar surface area (TPSA) is 52.6 Å². The predicted molar refractivity (Wildman–Crippen MR) is 39.9 cm³/mol. The van der Waals surface area contributed by atoms with Gasteiger partial charge in [0, 0.05) is 5.57 Å². The lowest BCUT2D eigenvalue weighted by atomic mass is 10.0. The average Bonchev–Trinajstić information content (AvgIpc) is 2.07. The quantitative estimate of drug-likeness (QED) is 0.282. The molecule has 0 heterocycles. The molecule has 64 valence electrons. The molecule has 0 radical (unpaired) electrons. The minimum absolute atomic E-state index is 0.208. The molecule has 0 N–H and O–H groups in total. The highest BCUT2D eigenvalue weighted by atomic mass is 35.5. The molecule has 0 aromatic rings. The second-order valence-corrected chi connectivity index (χ2v) is 2.31. The van der Waals surface area contributed by atoms with E-state index in [2.05, 4.69) is 9.33 Å². The fraction of sp³-hybridized carbons (Fsp3) is 0.143. The van der Waals surface area contributed by atoms with Crippen molar-refractivity contribution in [3.8, 4) is 0 Å². The van der Waals surface area contributed by atoms with E-state index in [0.717, 1.165) is 0 Å². The van der Waals surface area contributed by atoms with Crippen molar-refractivity contribution >= 4 is 23.4 Å². The summed E-state index contributed by atoms with van der Waals surface area (Å²) in [4.78, 5) is 26.2. The summed E-state index contributed by atoms with van der Waals surface area (Å²) in [5.41, 5.74) is 0.363. The molecule has 12 heavy (non-hydrogen) atoms. The second-order valence-electron chi connectivity index (χ2n) is 2.19. The van der Waals surface area contributed by atoms with Crippen molar-refractivity contribution in [1.29, 1.82) is 0 Å². The summed E-state index contributed by atoms with van der Waals surface area (Å²) in [5, 5.41) is 0. The Morgan fingerprint density at radius 1 is 1.25 bits per heavy atom. The third-order valence-electron chi connectivity index (χ3n) is 1.39. The van der Waals surface area contributed by atoms with Gasteiger partial charge in [-0.3, -0.25) is 9.59 Å². The van der Waals surface area contributed by atoms with Gasteiger partial charge < -0.3 is 4.89 Å². The Morgan fingerprint density at radius 2 is 1.92 bits per heavy atom. The Kier molecular flexibility index (Phi) is 2.62. The summed E-state index contributed by atoms with van der Waals surface area (Å²) in [6, 6.07) is 0. The van der Waals surface area contributed by atoms with Gasteiger partial charge in [-0.2, -0.15) is 0 Å². The van der Waals surface area contributed by atoms with Crippen LogP contribution >= 0.6 is 11.9 Å². The van der Waals surface area contributed by atoms with Gasteiger partial charge in [0.25, 0.3) is 5.78 Å². The first-order valence-corrected chi connectivity index (χ1v) is 3.40. The summed E-state index contributed by atoms with van der Waals surface area (Å²) in [7, 11) is 0. The molecular formula is C7H5ClO4. The highest BCUT2D eigenvalue weighted by Gasteiger charge is 2.25. The van der Waals surface area contributed by atoms with Gasteiger partial charge >= 0.3 is 0 Å². The van der Waals surface area contributed by atoms with E-state index >= 15 is 0 Å². The van der Waals surface area contributed by atoms with Crippen LogP contribution in [0.3, 0.4) is 0 Å². The number of halogens is 1. The van der Waals surface area contributed by atoms with Crippen molar-refractivity contribution < 1.29 is 18.9 Å². The van der Waals surface area contributed by atoms with Gasteiger partial charge in [-0.1, -0.05) is 10.5 Å². The molecule has 0 aliphatic heterocycles. The first-order valence-electron chi connectivity index (χ1n) is 3.09. The van der Waals surface area contributed by atoms with Gasteiger partial charge in [-0.05, 0) is 13.0 Å². The number of allylic oxidation sites excluding steroid dienone is 4. The normalized spacial score (nSPS) is 17.2. The van der Waals surface area contributed by atoms with E-state index < -0.39 is 11.6 Å². The van der Waals surface area contributed by atoms with Crippen LogP contribution in [-0.2, 0) is 18.9 Å². The maximum absolute atomic E-state index is 11.0. The molecule has 0 fully saturated rings. The molecule has 0 aromatic carbocycles. The van der Waals surface area contributed by atoms with Crippen LogP contribution < -0.4 is 0 Å². The number of rotatable bonds is 2. The number of carbonyl (C=O) groups is 2. The molecule has 0 atom stereocenters. The monoisotopic (exact) mass is 188 g/mol. The Morgan fingerprint density at radius 3 is 2.50 bits per heavy atom. The van der Waals surface area contributed by atoms with Crippen molar-refractivity contribution in [3.05, 3.63) is 23.5 Å². The zero-order valence-corrected chi connectivity index (χ0v) is 6.92. The van der Waals surface area contributed by atoms with Gasteiger partial charge in [0.1, 0.15) is 11.9 Å². The minimum atomic E-state index is -0.754. The number of carbonyl (C=O) groups excluding carboxylic acids is 2. The second kappa shape index (κ2) is 3.51. The molecule has 5 heteroatoms. The van der Waals surface area contributed by atoms with Crippen LogP contribution in [0.15, 0.2) is 23.5 Å². The molecule has 1 aliphatic carbocycles. The maximum Gasteiger partial charge on any atom is 0.271 e. The van der Waals surface area contributed by atoms with Gasteiger partial charge in [-0.15, -0.1) is 0 Å². The molecule has 1 rings (SSSR count). The lowest BCUT2D eigenvalue weighted by molar-refractivity contribution is -0.171. The molecule has 0 unspecified atom stereocenters. The Labute approximate surface area is 73.5 Å². The fourth-order valence-electron chi connectivity index (χ4n) is 0.743. The molecule has 0 saturated heterocycles. The molecule has 0 amide bonds. The van der Waals surface area contributed by atoms with Crippen molar-refractivity contribution in [2.75, 3.05) is 0 Å². The van der Waals surface area contributed by atoms with Gasteiger partial charge in [0.05, 0.1) is 0 Å². The van der Waals surface area contributed by atoms with Crippen LogP contribution in [0, 0.1) is 0 Å². The van der Waals surface area contributed by atoms with E-state index in [9.17, 15) is 9.59 Å². The van der Waals surface area contributed by atoms with Crippen LogP contribution in [0.5, 0.6) is 0 Å². The highest BCUT2D eigenvalue weighted by Crippen LogP contribution is 2.12. The molecule has 0 spiro atoms. The molecule has 0 saturated carbocycles. The zero-order valence-electron chi connectivity index (χ0n) is 6.17. The zero-order chi connectivity index (χ0) is 9.14. The van der Waals surface area contributed by atoms with E-state index in [1.807, 2.05) is 0 Å². The van der Waals surface area contributed by atoms with Crippen molar-refractivity contribution in [2.45, 2.75) is 6.92 Å². The van der Waals surface area contributed by atoms with Crippen molar-refractivity contribution in [2.24, 2.45) is 0 Å². The van der Waals surface area contributed by atoms with Crippen LogP contribution in [0.1, 0.15) is 6.92 Å². The van der Waals surface area contributed by atoms with Gasteiger partial charge in [0.2, 0.25) is 11.5 Å². The Hall–Kier alpha value is -1.13. The predicted octanol–water partition coefficient (Wildman–Crippen LogP) is 1.07. The Bertz CT molecular complexity index is 290. The summed E-state index contributed by atoms with van der Waals surface area (Å²) < 4.78 is 3.74. The molecule has 4 nitrogen and oxygen atoms in total. The highest BCUT2D eigenvalue weighted by molar-refractivity contribution is 6.49. The lowest BCUT2D eigenvalue weighted by Gasteiger charge is -2.06. The SMILES string of the molecule is CC1=CC=C(OOCl)C(=O)C1=O. The standard InChI is InChI=1S/C7H5ClO4/c1-4-2-3-5(11-12-8)7(10)6(4)9/h2-3H,1H3. The van der Waals surface area contributed by atoms with Crippen LogP contribution in [0.25, 0.3) is 0 Å².